The zero-order valence-electron chi connectivity index (χ0n) is 23.4. The third kappa shape index (κ3) is 8.31. The largest absolute Gasteiger partial charge is 0.493 e. The molecule has 9 nitrogen and oxygen atoms in total. The van der Waals surface area contributed by atoms with Crippen molar-refractivity contribution >= 4 is 69.8 Å². The topological polar surface area (TPSA) is 111 Å². The van der Waals surface area contributed by atoms with Gasteiger partial charge in [-0.05, 0) is 65.7 Å². The van der Waals surface area contributed by atoms with Crippen molar-refractivity contribution in [2.75, 3.05) is 25.6 Å². The number of methoxy groups -OCH3 is 1. The molecule has 1 aliphatic heterocycles. The van der Waals surface area contributed by atoms with Gasteiger partial charge in [-0.25, -0.2) is 4.79 Å². The molecule has 0 radical (unpaired) electrons. The van der Waals surface area contributed by atoms with E-state index >= 15 is 0 Å². The van der Waals surface area contributed by atoms with Crippen molar-refractivity contribution in [3.63, 3.8) is 0 Å². The molecule has 0 saturated carbocycles. The van der Waals surface area contributed by atoms with Crippen LogP contribution in [-0.2, 0) is 20.9 Å². The smallest absolute Gasteiger partial charge is 0.339 e. The zero-order valence-corrected chi connectivity index (χ0v) is 25.7. The first-order valence-electron chi connectivity index (χ1n) is 13.3. The molecule has 12 heteroatoms. The average molecular weight is 644 g/mol. The Labute approximate surface area is 263 Å². The Balaban J connectivity index is 1.42. The lowest BCUT2D eigenvalue weighted by molar-refractivity contribution is -0.127. The second-order valence-corrected chi connectivity index (χ2v) is 11.1. The van der Waals surface area contributed by atoms with Gasteiger partial charge in [-0.1, -0.05) is 66.9 Å². The summed E-state index contributed by atoms with van der Waals surface area (Å²) in [5.74, 6) is -1.20. The Morgan fingerprint density at radius 1 is 1.02 bits per heavy atom. The molecule has 224 valence electrons. The molecule has 0 unspecified atom stereocenters. The van der Waals surface area contributed by atoms with Crippen molar-refractivity contribution in [3.8, 4) is 11.5 Å². The van der Waals surface area contributed by atoms with Gasteiger partial charge in [-0.3, -0.25) is 19.3 Å². The van der Waals surface area contributed by atoms with Crippen molar-refractivity contribution < 1.29 is 33.4 Å². The van der Waals surface area contributed by atoms with E-state index < -0.39 is 29.6 Å². The maximum Gasteiger partial charge on any atom is 0.339 e. The van der Waals surface area contributed by atoms with E-state index in [0.29, 0.717) is 35.2 Å². The summed E-state index contributed by atoms with van der Waals surface area (Å²) >= 11 is 13.3. The minimum atomic E-state index is -0.638. The van der Waals surface area contributed by atoms with Crippen molar-refractivity contribution in [3.05, 3.63) is 92.3 Å². The van der Waals surface area contributed by atoms with Crippen LogP contribution in [0, 0.1) is 0 Å². The first-order chi connectivity index (χ1) is 20.7. The third-order valence-electron chi connectivity index (χ3n) is 6.15. The van der Waals surface area contributed by atoms with Gasteiger partial charge in [0, 0.05) is 5.69 Å². The molecule has 0 aromatic heterocycles. The maximum atomic E-state index is 13.1. The molecule has 1 saturated heterocycles. The first kappa shape index (κ1) is 31.9. The number of carbonyl (C=O) groups is 4. The molecular weight excluding hydrogens is 615 g/mol. The fraction of sp³-hybridized carbons (Fsp3) is 0.226. The minimum Gasteiger partial charge on any atom is -0.493 e. The summed E-state index contributed by atoms with van der Waals surface area (Å²) in [6, 6.07) is 17.1. The van der Waals surface area contributed by atoms with Gasteiger partial charge >= 0.3 is 5.97 Å². The Hall–Kier alpha value is -3.99. The molecule has 1 aliphatic rings. The molecule has 1 heterocycles. The van der Waals surface area contributed by atoms with E-state index in [0.717, 1.165) is 16.9 Å². The molecule has 0 aliphatic carbocycles. The predicted octanol–water partition coefficient (Wildman–Crippen LogP) is 7.21. The number of carbonyl (C=O) groups excluding carboxylic acids is 4. The van der Waals surface area contributed by atoms with E-state index in [2.05, 4.69) is 5.32 Å². The molecule has 0 atom stereocenters. The molecular formula is C31H28Cl2N2O7S. The van der Waals surface area contributed by atoms with Gasteiger partial charge in [0.25, 0.3) is 11.1 Å². The maximum absolute atomic E-state index is 13.1. The van der Waals surface area contributed by atoms with Crippen molar-refractivity contribution in [2.45, 2.75) is 26.4 Å². The Morgan fingerprint density at radius 2 is 1.79 bits per heavy atom. The predicted molar refractivity (Wildman–Crippen MR) is 167 cm³/mol. The summed E-state index contributed by atoms with van der Waals surface area (Å²) in [5.41, 5.74) is 1.80. The number of halogens is 2. The van der Waals surface area contributed by atoms with Crippen LogP contribution in [0.25, 0.3) is 6.08 Å². The number of rotatable bonds is 12. The zero-order chi connectivity index (χ0) is 30.9. The molecule has 0 spiro atoms. The minimum absolute atomic E-state index is 0.0928. The van der Waals surface area contributed by atoms with Crippen LogP contribution in [-0.4, -0.2) is 48.2 Å². The van der Waals surface area contributed by atoms with Crippen LogP contribution in [0.1, 0.15) is 41.3 Å². The SMILES string of the molecule is CCCCOC(=O)c1cc(NC(=O)CN2C(=O)S/C(=C\c3cc(Cl)c(OCc4ccccc4)c(OC)c3)C2=O)ccc1Cl. The number of nitrogens with zero attached hydrogens (tertiary/aromatic N) is 1. The fourth-order valence-electron chi connectivity index (χ4n) is 3.97. The number of hydrogen-bond donors (Lipinski definition) is 1. The molecule has 0 bridgehead atoms. The molecule has 4 rings (SSSR count). The highest BCUT2D eigenvalue weighted by atomic mass is 35.5. The number of esters is 1. The van der Waals surface area contributed by atoms with Gasteiger partial charge in [-0.15, -0.1) is 0 Å². The normalized spacial score (nSPS) is 13.8. The van der Waals surface area contributed by atoms with E-state index in [9.17, 15) is 19.2 Å². The number of unbranched alkanes of at least 4 members (excludes halogenated alkanes) is 1. The Morgan fingerprint density at radius 3 is 2.51 bits per heavy atom. The van der Waals surface area contributed by atoms with E-state index in [1.165, 1.54) is 31.4 Å². The van der Waals surface area contributed by atoms with Crippen molar-refractivity contribution in [1.29, 1.82) is 0 Å². The number of hydrogen-bond acceptors (Lipinski definition) is 8. The summed E-state index contributed by atoms with van der Waals surface area (Å²) in [4.78, 5) is 51.7. The highest BCUT2D eigenvalue weighted by molar-refractivity contribution is 8.18. The van der Waals surface area contributed by atoms with Crippen LogP contribution in [0.5, 0.6) is 11.5 Å². The number of anilines is 1. The van der Waals surface area contributed by atoms with Gasteiger partial charge in [0.1, 0.15) is 13.2 Å². The van der Waals surface area contributed by atoms with Crippen LogP contribution in [0.2, 0.25) is 10.0 Å². The van der Waals surface area contributed by atoms with Crippen LogP contribution in [0.4, 0.5) is 10.5 Å². The number of benzene rings is 3. The van der Waals surface area contributed by atoms with E-state index in [1.807, 2.05) is 37.3 Å². The van der Waals surface area contributed by atoms with Gasteiger partial charge in [0.2, 0.25) is 5.91 Å². The van der Waals surface area contributed by atoms with Crippen molar-refractivity contribution in [1.82, 2.24) is 4.90 Å². The van der Waals surface area contributed by atoms with Gasteiger partial charge < -0.3 is 19.5 Å². The van der Waals surface area contributed by atoms with Gasteiger partial charge in [0.05, 0.1) is 34.2 Å². The Kier molecular flexibility index (Phi) is 11.1. The van der Waals surface area contributed by atoms with E-state index in [-0.39, 0.29) is 39.4 Å². The molecule has 3 aromatic rings. The van der Waals surface area contributed by atoms with E-state index in [4.69, 9.17) is 37.4 Å². The summed E-state index contributed by atoms with van der Waals surface area (Å²) in [7, 11) is 1.47. The monoisotopic (exact) mass is 642 g/mol. The van der Waals surface area contributed by atoms with E-state index in [1.54, 1.807) is 12.1 Å². The number of imide groups is 1. The highest BCUT2D eigenvalue weighted by Gasteiger charge is 2.36. The third-order valence-corrected chi connectivity index (χ3v) is 7.67. The number of ether oxygens (including phenoxy) is 3. The summed E-state index contributed by atoms with van der Waals surface area (Å²) in [6.45, 7) is 1.96. The number of nitrogens with one attached hydrogen (secondary N) is 1. The summed E-state index contributed by atoms with van der Waals surface area (Å²) in [5, 5.41) is 2.41. The van der Waals surface area contributed by atoms with Crippen LogP contribution >= 0.6 is 35.0 Å². The number of amides is 3. The van der Waals surface area contributed by atoms with Gasteiger partial charge in [-0.2, -0.15) is 0 Å². The van der Waals surface area contributed by atoms with Crippen LogP contribution in [0.3, 0.4) is 0 Å². The quantitative estimate of drug-likeness (QED) is 0.125. The standard InChI is InChI=1S/C31H28Cl2N2O7S/c1-3-4-12-41-30(38)22-16-21(10-11-23(22)32)34-27(36)17-35-29(37)26(43-31(35)39)15-20-13-24(33)28(25(14-20)40-2)42-18-19-8-6-5-7-9-19/h5-11,13-16H,3-4,12,17-18H2,1-2H3,(H,34,36)/b26-15-. The second-order valence-electron chi connectivity index (χ2n) is 9.31. The highest BCUT2D eigenvalue weighted by Crippen LogP contribution is 2.39. The lowest BCUT2D eigenvalue weighted by Gasteiger charge is -2.14. The van der Waals surface area contributed by atoms with Gasteiger partial charge in [0.15, 0.2) is 11.5 Å². The van der Waals surface area contributed by atoms with Crippen LogP contribution < -0.4 is 14.8 Å². The van der Waals surface area contributed by atoms with Crippen molar-refractivity contribution in [2.24, 2.45) is 0 Å². The molecule has 1 fully saturated rings. The fourth-order valence-corrected chi connectivity index (χ4v) is 5.28. The van der Waals surface area contributed by atoms with Crippen LogP contribution in [0.15, 0.2) is 65.6 Å². The average Bonchev–Trinajstić information content (AvgIpc) is 3.24. The summed E-state index contributed by atoms with van der Waals surface area (Å²) in [6.07, 6.45) is 3.06. The second kappa shape index (κ2) is 15.0. The molecule has 3 amide bonds. The summed E-state index contributed by atoms with van der Waals surface area (Å²) < 4.78 is 16.5. The Bertz CT molecular complexity index is 1560. The molecule has 1 N–H and O–H groups in total. The number of thioether (sulfide) groups is 1. The molecule has 43 heavy (non-hydrogen) atoms. The lowest BCUT2D eigenvalue weighted by Crippen LogP contribution is -2.36. The first-order valence-corrected chi connectivity index (χ1v) is 14.8. The lowest BCUT2D eigenvalue weighted by atomic mass is 10.1. The molecule has 3 aromatic carbocycles.